The van der Waals surface area contributed by atoms with Crippen LogP contribution in [-0.2, 0) is 0 Å². The fraction of sp³-hybridized carbons (Fsp3) is 0.188. The Hall–Kier alpha value is -2.58. The average Bonchev–Trinajstić information content (AvgIpc) is 2.53. The van der Waals surface area contributed by atoms with Gasteiger partial charge in [-0.05, 0) is 48.5 Å². The summed E-state index contributed by atoms with van der Waals surface area (Å²) in [6, 6.07) is 14.2. The molecule has 0 aliphatic rings. The van der Waals surface area contributed by atoms with Crippen molar-refractivity contribution in [2.45, 2.75) is 6.10 Å². The summed E-state index contributed by atoms with van der Waals surface area (Å²) in [6.07, 6.45) is -0.814. The van der Waals surface area contributed by atoms with Gasteiger partial charge in [-0.2, -0.15) is 5.26 Å². The van der Waals surface area contributed by atoms with Gasteiger partial charge in [0.2, 0.25) is 0 Å². The molecule has 2 aromatic carbocycles. The second kappa shape index (κ2) is 7.27. The zero-order valence-electron chi connectivity index (χ0n) is 11.2. The van der Waals surface area contributed by atoms with Gasteiger partial charge >= 0.3 is 0 Å². The summed E-state index contributed by atoms with van der Waals surface area (Å²) >= 11 is 0. The quantitative estimate of drug-likeness (QED) is 0.886. The molecule has 0 radical (unpaired) electrons. The minimum absolute atomic E-state index is 0.0436. The van der Waals surface area contributed by atoms with E-state index in [2.05, 4.69) is 0 Å². The number of aliphatic hydroxyl groups excluding tert-OH is 1. The van der Waals surface area contributed by atoms with E-state index >= 15 is 0 Å². The molecule has 0 spiro atoms. The normalized spacial score (nSPS) is 11.5. The van der Waals surface area contributed by atoms with Crippen molar-refractivity contribution in [2.75, 3.05) is 13.2 Å². The molecule has 1 N–H and O–H groups in total. The predicted octanol–water partition coefficient (Wildman–Crippen LogP) is 2.52. The Morgan fingerprint density at radius 2 is 1.43 bits per heavy atom. The summed E-state index contributed by atoms with van der Waals surface area (Å²) in [5, 5.41) is 18.4. The van der Waals surface area contributed by atoms with E-state index in [0.717, 1.165) is 0 Å². The SMILES string of the molecule is N#Cc1ccc(OCC(O)COc2ccc(F)cc2)cc1. The van der Waals surface area contributed by atoms with Crippen molar-refractivity contribution in [3.8, 4) is 17.6 Å². The molecule has 0 saturated carbocycles. The van der Waals surface area contributed by atoms with Crippen LogP contribution in [0.2, 0.25) is 0 Å². The summed E-state index contributed by atoms with van der Waals surface area (Å²) in [4.78, 5) is 0. The third kappa shape index (κ3) is 4.79. The highest BCUT2D eigenvalue weighted by Crippen LogP contribution is 2.13. The molecular formula is C16H14FNO3. The number of halogens is 1. The van der Waals surface area contributed by atoms with E-state index < -0.39 is 6.10 Å². The van der Waals surface area contributed by atoms with Gasteiger partial charge < -0.3 is 14.6 Å². The highest BCUT2D eigenvalue weighted by atomic mass is 19.1. The molecule has 0 fully saturated rings. The molecule has 0 amide bonds. The van der Waals surface area contributed by atoms with Gasteiger partial charge in [-0.25, -0.2) is 4.39 Å². The van der Waals surface area contributed by atoms with Crippen molar-refractivity contribution >= 4 is 0 Å². The molecule has 2 rings (SSSR count). The molecule has 0 heterocycles. The molecule has 1 unspecified atom stereocenters. The molecular weight excluding hydrogens is 273 g/mol. The Bertz CT molecular complexity index is 605. The maximum atomic E-state index is 12.7. The molecule has 1 atom stereocenters. The summed E-state index contributed by atoms with van der Waals surface area (Å²) < 4.78 is 23.4. The van der Waals surface area contributed by atoms with Crippen LogP contribution >= 0.6 is 0 Å². The first kappa shape index (κ1) is 14.8. The van der Waals surface area contributed by atoms with Crippen LogP contribution in [0.15, 0.2) is 48.5 Å². The van der Waals surface area contributed by atoms with E-state index in [1.165, 1.54) is 24.3 Å². The number of benzene rings is 2. The fourth-order valence-corrected chi connectivity index (χ4v) is 1.59. The summed E-state index contributed by atoms with van der Waals surface area (Å²) in [7, 11) is 0. The minimum atomic E-state index is -0.814. The number of rotatable bonds is 6. The van der Waals surface area contributed by atoms with E-state index in [4.69, 9.17) is 14.7 Å². The zero-order valence-corrected chi connectivity index (χ0v) is 11.2. The molecule has 5 heteroatoms. The topological polar surface area (TPSA) is 62.5 Å². The van der Waals surface area contributed by atoms with Gasteiger partial charge in [0.05, 0.1) is 11.6 Å². The van der Waals surface area contributed by atoms with Crippen LogP contribution in [-0.4, -0.2) is 24.4 Å². The molecule has 2 aromatic rings. The van der Waals surface area contributed by atoms with Crippen LogP contribution in [0.3, 0.4) is 0 Å². The van der Waals surface area contributed by atoms with Gasteiger partial charge in [-0.15, -0.1) is 0 Å². The van der Waals surface area contributed by atoms with Crippen molar-refractivity contribution in [3.63, 3.8) is 0 Å². The predicted molar refractivity (Wildman–Crippen MR) is 74.6 cm³/mol. The van der Waals surface area contributed by atoms with E-state index in [1.54, 1.807) is 24.3 Å². The average molecular weight is 287 g/mol. The summed E-state index contributed by atoms with van der Waals surface area (Å²) in [6.45, 7) is 0.106. The maximum Gasteiger partial charge on any atom is 0.123 e. The highest BCUT2D eigenvalue weighted by molar-refractivity contribution is 5.34. The third-order valence-electron chi connectivity index (χ3n) is 2.68. The number of nitriles is 1. The lowest BCUT2D eigenvalue weighted by Gasteiger charge is -2.13. The third-order valence-corrected chi connectivity index (χ3v) is 2.68. The second-order valence-electron chi connectivity index (χ2n) is 4.37. The maximum absolute atomic E-state index is 12.7. The molecule has 0 aliphatic carbocycles. The molecule has 0 aromatic heterocycles. The number of nitrogens with zero attached hydrogens (tertiary/aromatic N) is 1. The molecule has 4 nitrogen and oxygen atoms in total. The van der Waals surface area contributed by atoms with E-state index in [9.17, 15) is 9.50 Å². The van der Waals surface area contributed by atoms with Crippen LogP contribution in [0.4, 0.5) is 4.39 Å². The summed E-state index contributed by atoms with van der Waals surface area (Å²) in [5.74, 6) is 0.704. The lowest BCUT2D eigenvalue weighted by molar-refractivity contribution is 0.0626. The van der Waals surface area contributed by atoms with Crippen LogP contribution < -0.4 is 9.47 Å². The fourth-order valence-electron chi connectivity index (χ4n) is 1.59. The molecule has 21 heavy (non-hydrogen) atoms. The van der Waals surface area contributed by atoms with Gasteiger partial charge in [-0.3, -0.25) is 0 Å². The molecule has 0 bridgehead atoms. The first-order valence-electron chi connectivity index (χ1n) is 6.37. The van der Waals surface area contributed by atoms with Gasteiger partial charge in [-0.1, -0.05) is 0 Å². The number of hydrogen-bond acceptors (Lipinski definition) is 4. The highest BCUT2D eigenvalue weighted by Gasteiger charge is 2.07. The van der Waals surface area contributed by atoms with Crippen molar-refractivity contribution < 1.29 is 19.0 Å². The van der Waals surface area contributed by atoms with Crippen molar-refractivity contribution in [1.82, 2.24) is 0 Å². The van der Waals surface area contributed by atoms with Gasteiger partial charge in [0.25, 0.3) is 0 Å². The van der Waals surface area contributed by atoms with Crippen LogP contribution in [0, 0.1) is 17.1 Å². The van der Waals surface area contributed by atoms with Crippen LogP contribution in [0.25, 0.3) is 0 Å². The zero-order chi connectivity index (χ0) is 15.1. The first-order chi connectivity index (χ1) is 10.2. The van der Waals surface area contributed by atoms with Gasteiger partial charge in [0, 0.05) is 0 Å². The lowest BCUT2D eigenvalue weighted by atomic mass is 10.2. The van der Waals surface area contributed by atoms with E-state index in [0.29, 0.717) is 17.1 Å². The van der Waals surface area contributed by atoms with Gasteiger partial charge in [0.1, 0.15) is 36.6 Å². The Kier molecular flexibility index (Phi) is 5.13. The number of ether oxygens (including phenoxy) is 2. The van der Waals surface area contributed by atoms with Crippen LogP contribution in [0.5, 0.6) is 11.5 Å². The van der Waals surface area contributed by atoms with Gasteiger partial charge in [0.15, 0.2) is 0 Å². The van der Waals surface area contributed by atoms with E-state index in [1.807, 2.05) is 6.07 Å². The van der Waals surface area contributed by atoms with E-state index in [-0.39, 0.29) is 19.0 Å². The molecule has 108 valence electrons. The molecule has 0 aliphatic heterocycles. The first-order valence-corrected chi connectivity index (χ1v) is 6.37. The van der Waals surface area contributed by atoms with Crippen molar-refractivity contribution in [1.29, 1.82) is 5.26 Å². The Balaban J connectivity index is 1.75. The Morgan fingerprint density at radius 3 is 1.90 bits per heavy atom. The number of aliphatic hydroxyl groups is 1. The standard InChI is InChI=1S/C16H14FNO3/c17-13-3-7-16(8-4-13)21-11-14(19)10-20-15-5-1-12(9-18)2-6-15/h1-8,14,19H,10-11H2. The smallest absolute Gasteiger partial charge is 0.123 e. The monoisotopic (exact) mass is 287 g/mol. The summed E-state index contributed by atoms with van der Waals surface area (Å²) in [5.41, 5.74) is 0.544. The van der Waals surface area contributed by atoms with Crippen molar-refractivity contribution in [3.05, 3.63) is 59.9 Å². The largest absolute Gasteiger partial charge is 0.491 e. The number of hydrogen-bond donors (Lipinski definition) is 1. The van der Waals surface area contributed by atoms with Crippen molar-refractivity contribution in [2.24, 2.45) is 0 Å². The minimum Gasteiger partial charge on any atom is -0.491 e. The second-order valence-corrected chi connectivity index (χ2v) is 4.37. The molecule has 0 saturated heterocycles. The van der Waals surface area contributed by atoms with Crippen LogP contribution in [0.1, 0.15) is 5.56 Å². The lowest BCUT2D eigenvalue weighted by Crippen LogP contribution is -2.25. The Morgan fingerprint density at radius 1 is 0.952 bits per heavy atom. The Labute approximate surface area is 122 Å².